The smallest absolute Gasteiger partial charge is 0.420 e. The van der Waals surface area contributed by atoms with Gasteiger partial charge < -0.3 is 53.5 Å². The lowest BCUT2D eigenvalue weighted by atomic mass is 10.2. The number of hydrogen-bond acceptors (Lipinski definition) is 24. The summed E-state index contributed by atoms with van der Waals surface area (Å²) in [5.74, 6) is -1.17. The van der Waals surface area contributed by atoms with E-state index >= 15 is 0 Å². The maximum Gasteiger partial charge on any atom is 0.420 e. The third-order valence-electron chi connectivity index (χ3n) is 10.0. The average Bonchev–Trinajstić information content (AvgIpc) is 3.31. The van der Waals surface area contributed by atoms with Gasteiger partial charge >= 0.3 is 48.3 Å². The molecule has 0 saturated carbocycles. The second-order valence-corrected chi connectivity index (χ2v) is 22.5. The molecule has 2 aromatic heterocycles. The van der Waals surface area contributed by atoms with Crippen molar-refractivity contribution in [2.75, 3.05) is 109 Å². The second-order valence-electron chi connectivity index (χ2n) is 22.5. The molecule has 0 atom stereocenters. The van der Waals surface area contributed by atoms with Crippen molar-refractivity contribution in [1.82, 2.24) is 49.8 Å². The normalized spacial score (nSPS) is 15.0. The van der Waals surface area contributed by atoms with Crippen molar-refractivity contribution in [2.45, 2.75) is 132 Å². The SMILES string of the molecule is CC(C)(C)OC(=O)N(Cc1cnc(N2CCNCC2)nc1)C(=O)OC(C)(C)C.CCOC(C)=O.CN(CC(=O)O)CC(=O)N1CCN(c2ncc(CN(C(=O)OC(C)(C)C)C(=O)OC(C)(C)C)cn2)CC1.CN1CC(=O)OC(=O)C1. The van der Waals surface area contributed by atoms with Crippen LogP contribution in [0.25, 0.3) is 0 Å². The Labute approximate surface area is 468 Å². The molecule has 2 aromatic rings. The van der Waals surface area contributed by atoms with Crippen LogP contribution in [-0.4, -0.2) is 225 Å². The number of aromatic nitrogens is 4. The number of esters is 3. The summed E-state index contributed by atoms with van der Waals surface area (Å²) < 4.78 is 30.1. The highest BCUT2D eigenvalue weighted by Crippen LogP contribution is 2.20. The van der Waals surface area contributed by atoms with Crippen molar-refractivity contribution in [3.63, 3.8) is 0 Å². The van der Waals surface area contributed by atoms with Crippen LogP contribution in [0.5, 0.6) is 0 Å². The molecular formula is C52H84N12O16. The van der Waals surface area contributed by atoms with Crippen LogP contribution in [0.4, 0.5) is 31.1 Å². The summed E-state index contributed by atoms with van der Waals surface area (Å²) in [5.41, 5.74) is -1.95. The number of cyclic esters (lactones) is 2. The number of nitrogens with zero attached hydrogens (tertiary/aromatic N) is 11. The molecule has 80 heavy (non-hydrogen) atoms. The molecule has 0 unspecified atom stereocenters. The Kier molecular flexibility index (Phi) is 27.0. The minimum absolute atomic E-state index is 0.0310. The molecule has 28 nitrogen and oxygen atoms in total. The van der Waals surface area contributed by atoms with Gasteiger partial charge in [0.15, 0.2) is 0 Å². The Hall–Kier alpha value is -7.33. The first-order valence-electron chi connectivity index (χ1n) is 26.0. The molecule has 5 rings (SSSR count). The quantitative estimate of drug-likeness (QED) is 0.183. The van der Waals surface area contributed by atoms with Crippen LogP contribution in [0.3, 0.4) is 0 Å². The van der Waals surface area contributed by atoms with Crippen LogP contribution in [0.15, 0.2) is 24.8 Å². The fourth-order valence-electron chi connectivity index (χ4n) is 6.76. The fraction of sp³-hybridized carbons (Fsp3) is 0.673. The fourth-order valence-corrected chi connectivity index (χ4v) is 6.76. The average molecular weight is 1130 g/mol. The maximum absolute atomic E-state index is 12.7. The number of ether oxygens (including phenoxy) is 6. The van der Waals surface area contributed by atoms with E-state index in [0.29, 0.717) is 55.8 Å². The molecular weight excluding hydrogens is 1050 g/mol. The summed E-state index contributed by atoms with van der Waals surface area (Å²) in [5, 5.41) is 12.1. The highest BCUT2D eigenvalue weighted by Gasteiger charge is 2.34. The van der Waals surface area contributed by atoms with E-state index < -0.39 is 64.7 Å². The van der Waals surface area contributed by atoms with Gasteiger partial charge in [0.05, 0.1) is 45.9 Å². The molecule has 448 valence electrons. The van der Waals surface area contributed by atoms with Gasteiger partial charge in [0.2, 0.25) is 17.8 Å². The van der Waals surface area contributed by atoms with Gasteiger partial charge in [0.25, 0.3) is 0 Å². The first-order valence-corrected chi connectivity index (χ1v) is 26.0. The van der Waals surface area contributed by atoms with E-state index in [9.17, 15) is 43.2 Å². The molecule has 3 saturated heterocycles. The highest BCUT2D eigenvalue weighted by atomic mass is 16.6. The number of carbonyl (C=O) groups excluding carboxylic acids is 8. The Bertz CT molecular complexity index is 2300. The number of likely N-dealkylation sites (N-methyl/N-ethyl adjacent to an activating group) is 2. The lowest BCUT2D eigenvalue weighted by molar-refractivity contribution is -0.166. The van der Waals surface area contributed by atoms with Gasteiger partial charge in [0, 0.05) is 95.2 Å². The molecule has 0 radical (unpaired) electrons. The third-order valence-corrected chi connectivity index (χ3v) is 10.0. The maximum atomic E-state index is 12.7. The van der Waals surface area contributed by atoms with E-state index in [4.69, 9.17) is 24.1 Å². The number of carbonyl (C=O) groups is 9. The molecule has 0 spiro atoms. The number of morpholine rings is 1. The van der Waals surface area contributed by atoms with E-state index in [0.717, 1.165) is 36.0 Å². The first-order chi connectivity index (χ1) is 36.9. The lowest BCUT2D eigenvalue weighted by Crippen LogP contribution is -2.51. The number of amides is 5. The lowest BCUT2D eigenvalue weighted by Gasteiger charge is -2.35. The van der Waals surface area contributed by atoms with E-state index in [1.807, 2.05) is 4.90 Å². The van der Waals surface area contributed by atoms with Gasteiger partial charge in [-0.3, -0.25) is 33.8 Å². The van der Waals surface area contributed by atoms with Crippen LogP contribution in [-0.2, 0) is 65.5 Å². The number of rotatable bonds is 11. The summed E-state index contributed by atoms with van der Waals surface area (Å²) in [6.07, 6.45) is 3.09. The predicted molar refractivity (Wildman–Crippen MR) is 290 cm³/mol. The van der Waals surface area contributed by atoms with Gasteiger partial charge in [-0.25, -0.2) is 48.9 Å². The van der Waals surface area contributed by atoms with E-state index in [-0.39, 0.29) is 51.1 Å². The van der Waals surface area contributed by atoms with E-state index in [1.165, 1.54) is 24.2 Å². The van der Waals surface area contributed by atoms with Gasteiger partial charge in [-0.1, -0.05) is 0 Å². The summed E-state index contributed by atoms with van der Waals surface area (Å²) in [4.78, 5) is 132. The van der Waals surface area contributed by atoms with Crippen molar-refractivity contribution in [3.8, 4) is 0 Å². The Morgan fingerprint density at radius 1 is 0.600 bits per heavy atom. The van der Waals surface area contributed by atoms with Crippen molar-refractivity contribution in [3.05, 3.63) is 35.9 Å². The van der Waals surface area contributed by atoms with Crippen molar-refractivity contribution in [2.24, 2.45) is 0 Å². The van der Waals surface area contributed by atoms with Gasteiger partial charge in [0.1, 0.15) is 22.4 Å². The number of imide groups is 2. The first kappa shape index (κ1) is 68.8. The zero-order chi connectivity index (χ0) is 60.8. The summed E-state index contributed by atoms with van der Waals surface area (Å²) >= 11 is 0. The number of carboxylic acid groups (broad SMARTS) is 1. The Balaban J connectivity index is 0.000000442. The molecule has 0 aliphatic carbocycles. The van der Waals surface area contributed by atoms with Gasteiger partial charge in [-0.05, 0) is 104 Å². The minimum atomic E-state index is -0.985. The monoisotopic (exact) mass is 1130 g/mol. The predicted octanol–water partition coefficient (Wildman–Crippen LogP) is 3.94. The molecule has 0 bridgehead atoms. The molecule has 3 aliphatic rings. The molecule has 3 fully saturated rings. The summed E-state index contributed by atoms with van der Waals surface area (Å²) in [6.45, 7) is 29.8. The number of nitrogens with one attached hydrogen (secondary N) is 1. The zero-order valence-electron chi connectivity index (χ0n) is 49.4. The third kappa shape index (κ3) is 28.5. The molecule has 28 heteroatoms. The largest absolute Gasteiger partial charge is 0.480 e. The second kappa shape index (κ2) is 31.5. The Morgan fingerprint density at radius 2 is 0.950 bits per heavy atom. The van der Waals surface area contributed by atoms with Crippen LogP contribution >= 0.6 is 0 Å². The van der Waals surface area contributed by atoms with E-state index in [2.05, 4.69) is 39.6 Å². The topological polar surface area (TPSA) is 316 Å². The molecule has 2 N–H and O–H groups in total. The number of carboxylic acids is 1. The highest BCUT2D eigenvalue weighted by molar-refractivity contribution is 5.90. The molecule has 3 aliphatic heterocycles. The van der Waals surface area contributed by atoms with Crippen molar-refractivity contribution >= 4 is 66.1 Å². The summed E-state index contributed by atoms with van der Waals surface area (Å²) in [6, 6.07) is 0. The molecule has 5 heterocycles. The van der Waals surface area contributed by atoms with Crippen molar-refractivity contribution in [1.29, 1.82) is 0 Å². The summed E-state index contributed by atoms with van der Waals surface area (Å²) in [7, 11) is 3.28. The Morgan fingerprint density at radius 3 is 1.24 bits per heavy atom. The van der Waals surface area contributed by atoms with E-state index in [1.54, 1.807) is 126 Å². The molecule has 0 aromatic carbocycles. The van der Waals surface area contributed by atoms with Crippen molar-refractivity contribution < 1.29 is 76.7 Å². The van der Waals surface area contributed by atoms with Crippen LogP contribution in [0.2, 0.25) is 0 Å². The minimum Gasteiger partial charge on any atom is -0.480 e. The zero-order valence-corrected chi connectivity index (χ0v) is 49.4. The molecule has 5 amide bonds. The number of hydrogen-bond donors (Lipinski definition) is 2. The number of anilines is 2. The number of piperazine rings is 2. The van der Waals surface area contributed by atoms with Gasteiger partial charge in [-0.15, -0.1) is 0 Å². The van der Waals surface area contributed by atoms with Crippen LogP contribution in [0.1, 0.15) is 108 Å². The number of aliphatic carboxylic acids is 1. The van der Waals surface area contributed by atoms with Crippen LogP contribution in [0, 0.1) is 0 Å². The van der Waals surface area contributed by atoms with Crippen LogP contribution < -0.4 is 15.1 Å². The standard InChI is InChI=1S/C24H38N6O7.C19H31N5O4.C5H7NO3.C4H8O2/c1-23(2,3)36-21(34)30(22(35)37-24(4,5)6)14-17-12-25-20(26-13-17)29-10-8-28(9-11-29)18(31)15-27(7)16-19(32)33;1-18(2,3)27-16(25)24(17(26)28-19(4,5)6)13-14-11-21-15(22-12-14)23-9-7-20-8-10-23;1-6-2-4(7)9-5(8)3-6;1-3-6-4(2)5/h12-13H,8-11,14-16H2,1-7H3,(H,32,33);11-12,20H,7-10,13H2,1-6H3;2-3H2,1H3;3H2,1-2H3. The van der Waals surface area contributed by atoms with Gasteiger partial charge in [-0.2, -0.15) is 0 Å².